The summed E-state index contributed by atoms with van der Waals surface area (Å²) in [4.78, 5) is 12.1. The topological polar surface area (TPSA) is 46.2 Å². The van der Waals surface area contributed by atoms with Gasteiger partial charge in [-0.3, -0.25) is 9.36 Å². The average molecular weight is 454 g/mol. The molecule has 0 aromatic heterocycles. The Hall–Kier alpha value is -2.26. The van der Waals surface area contributed by atoms with Crippen molar-refractivity contribution < 1.29 is 9.36 Å². The molecule has 28 heavy (non-hydrogen) atoms. The fourth-order valence-electron chi connectivity index (χ4n) is 2.97. The highest BCUT2D eigenvalue weighted by Crippen LogP contribution is 2.43. The number of rotatable bonds is 7. The van der Waals surface area contributed by atoms with Crippen molar-refractivity contribution >= 4 is 39.6 Å². The lowest BCUT2D eigenvalue weighted by atomic mass is 9.98. The maximum Gasteiger partial charge on any atom is 0.205 e. The van der Waals surface area contributed by atoms with Crippen LogP contribution in [0.4, 0.5) is 0 Å². The van der Waals surface area contributed by atoms with Crippen LogP contribution in [-0.4, -0.2) is 5.78 Å². The average Bonchev–Trinajstić information content (AvgIpc) is 2.73. The summed E-state index contributed by atoms with van der Waals surface area (Å²) in [5, 5.41) is 4.66. The monoisotopic (exact) mass is 453 g/mol. The molecule has 1 atom stereocenters. The van der Waals surface area contributed by atoms with E-state index in [1.165, 1.54) is 6.92 Å². The molecule has 3 nitrogen and oxygen atoms in total. The van der Waals surface area contributed by atoms with Gasteiger partial charge in [0.2, 0.25) is 7.29 Å². The van der Waals surface area contributed by atoms with Crippen LogP contribution >= 0.6 is 23.2 Å². The Labute approximate surface area is 174 Å². The first-order chi connectivity index (χ1) is 13.4. The predicted molar refractivity (Wildman–Crippen MR) is 120 cm³/mol. The van der Waals surface area contributed by atoms with Crippen molar-refractivity contribution in [2.45, 2.75) is 13.0 Å². The lowest BCUT2D eigenvalue weighted by Crippen LogP contribution is -2.32. The normalized spacial score (nSPS) is 12.4. The van der Waals surface area contributed by atoms with Gasteiger partial charge in [0.15, 0.2) is 5.78 Å². The van der Waals surface area contributed by atoms with Gasteiger partial charge in [-0.15, -0.1) is 0 Å². The maximum atomic E-state index is 14.3. The first kappa shape index (κ1) is 20.5. The molecule has 3 aromatic rings. The molecule has 0 radical (unpaired) electrons. The Bertz CT molecular complexity index is 974. The van der Waals surface area contributed by atoms with Crippen LogP contribution in [0.25, 0.3) is 0 Å². The second kappa shape index (κ2) is 8.83. The first-order valence-electron chi connectivity index (χ1n) is 8.86. The minimum absolute atomic E-state index is 0.145. The van der Waals surface area contributed by atoms with Crippen LogP contribution in [0.15, 0.2) is 102 Å². The van der Waals surface area contributed by atoms with E-state index in [4.69, 9.17) is 0 Å². The molecule has 3 aromatic carbocycles. The third-order valence-electron chi connectivity index (χ3n) is 4.55. The van der Waals surface area contributed by atoms with Gasteiger partial charge in [-0.25, -0.2) is 5.09 Å². The van der Waals surface area contributed by atoms with Crippen molar-refractivity contribution in [2.75, 3.05) is 0 Å². The van der Waals surface area contributed by atoms with E-state index in [0.717, 1.165) is 10.0 Å². The molecule has 0 bridgehead atoms. The molecule has 1 unspecified atom stereocenters. The van der Waals surface area contributed by atoms with Crippen molar-refractivity contribution in [2.24, 2.45) is 0 Å². The Kier molecular flexibility index (Phi) is 6.46. The fraction of sp³-hybridized carbons (Fsp3) is 0.0870. The van der Waals surface area contributed by atoms with Crippen molar-refractivity contribution in [3.8, 4) is 0 Å². The number of carbonyl (C=O) groups excluding carboxylic acids is 1. The lowest BCUT2D eigenvalue weighted by molar-refractivity contribution is -0.113. The highest BCUT2D eigenvalue weighted by atomic mass is 79.9. The number of Topliss-reactive ketones (excluding diaryl/α,β-unsaturated/α-hetero) is 1. The van der Waals surface area contributed by atoms with Gasteiger partial charge < -0.3 is 0 Å². The minimum Gasteiger partial charge on any atom is -0.296 e. The zero-order valence-corrected chi connectivity index (χ0v) is 18.0. The van der Waals surface area contributed by atoms with E-state index >= 15 is 0 Å². The minimum atomic E-state index is -3.23. The van der Waals surface area contributed by atoms with Crippen LogP contribution in [0.2, 0.25) is 0 Å². The van der Waals surface area contributed by atoms with Gasteiger partial charge in [-0.1, -0.05) is 71.0 Å². The molecule has 5 heteroatoms. The third-order valence-corrected chi connectivity index (χ3v) is 7.76. The summed E-state index contributed by atoms with van der Waals surface area (Å²) in [6, 6.07) is 25.6. The predicted octanol–water partition coefficient (Wildman–Crippen LogP) is 5.15. The van der Waals surface area contributed by atoms with E-state index in [1.54, 1.807) is 0 Å². The van der Waals surface area contributed by atoms with E-state index in [1.807, 2.05) is 84.9 Å². The van der Waals surface area contributed by atoms with E-state index in [9.17, 15) is 9.36 Å². The number of hydrogen-bond acceptors (Lipinski definition) is 2. The largest absolute Gasteiger partial charge is 0.296 e. The van der Waals surface area contributed by atoms with Gasteiger partial charge in [0.25, 0.3) is 0 Å². The first-order valence-corrected chi connectivity index (χ1v) is 11.4. The fourth-order valence-corrected chi connectivity index (χ4v) is 5.68. The summed E-state index contributed by atoms with van der Waals surface area (Å²) >= 11 is 3.43. The molecule has 3 rings (SSSR count). The second-order valence-electron chi connectivity index (χ2n) is 6.48. The van der Waals surface area contributed by atoms with Gasteiger partial charge in [0, 0.05) is 20.7 Å². The molecular formula is C23H21BrNO2P. The molecule has 0 aliphatic carbocycles. The van der Waals surface area contributed by atoms with Gasteiger partial charge >= 0.3 is 0 Å². The summed E-state index contributed by atoms with van der Waals surface area (Å²) in [7, 11) is -3.23. The van der Waals surface area contributed by atoms with Crippen molar-refractivity contribution in [1.29, 1.82) is 0 Å². The zero-order chi connectivity index (χ0) is 20.1. The molecule has 0 saturated carbocycles. The van der Waals surface area contributed by atoms with E-state index in [2.05, 4.69) is 27.6 Å². The maximum absolute atomic E-state index is 14.3. The number of hydrogen-bond donors (Lipinski definition) is 1. The van der Waals surface area contributed by atoms with Crippen LogP contribution in [0, 0.1) is 0 Å². The summed E-state index contributed by atoms with van der Waals surface area (Å²) in [5.41, 5.74) is 1.20. The van der Waals surface area contributed by atoms with Gasteiger partial charge in [-0.05, 0) is 48.9 Å². The van der Waals surface area contributed by atoms with Gasteiger partial charge in [0.1, 0.15) is 0 Å². The van der Waals surface area contributed by atoms with E-state index < -0.39 is 13.3 Å². The SMILES string of the molecule is C=C(C(C)=O)C(NP(=O)(c1ccccc1)c1ccccc1)c1ccc(Br)cc1. The van der Waals surface area contributed by atoms with Crippen LogP contribution in [0.3, 0.4) is 0 Å². The Morgan fingerprint density at radius 1 is 0.893 bits per heavy atom. The molecule has 0 aliphatic heterocycles. The quantitative estimate of drug-likeness (QED) is 0.397. The lowest BCUT2D eigenvalue weighted by Gasteiger charge is -2.28. The standard InChI is InChI=1S/C23H21BrNO2P/c1-17(18(2)26)23(19-13-15-20(24)16-14-19)25-28(27,21-9-5-3-6-10-21)22-11-7-4-8-12-22/h3-16,23H,1H2,2H3,(H,25,27). The highest BCUT2D eigenvalue weighted by molar-refractivity contribution is 9.10. The molecule has 0 fully saturated rings. The Balaban J connectivity index is 2.13. The molecular weight excluding hydrogens is 433 g/mol. The molecule has 0 spiro atoms. The van der Waals surface area contributed by atoms with Gasteiger partial charge in [-0.2, -0.15) is 0 Å². The summed E-state index contributed by atoms with van der Waals surface area (Å²) in [6.07, 6.45) is 0. The summed E-state index contributed by atoms with van der Waals surface area (Å²) in [6.45, 7) is 5.46. The van der Waals surface area contributed by atoms with Crippen LogP contribution < -0.4 is 15.7 Å². The number of halogens is 1. The van der Waals surface area contributed by atoms with Crippen LogP contribution in [0.1, 0.15) is 18.5 Å². The smallest absolute Gasteiger partial charge is 0.205 e. The van der Waals surface area contributed by atoms with Crippen molar-refractivity contribution in [1.82, 2.24) is 5.09 Å². The summed E-state index contributed by atoms with van der Waals surface area (Å²) < 4.78 is 15.2. The third kappa shape index (κ3) is 4.41. The van der Waals surface area contributed by atoms with Crippen LogP contribution in [-0.2, 0) is 9.36 Å². The van der Waals surface area contributed by atoms with E-state index in [-0.39, 0.29) is 5.78 Å². The van der Waals surface area contributed by atoms with Crippen molar-refractivity contribution in [3.63, 3.8) is 0 Å². The van der Waals surface area contributed by atoms with Crippen molar-refractivity contribution in [3.05, 3.63) is 107 Å². The highest BCUT2D eigenvalue weighted by Gasteiger charge is 2.32. The number of nitrogens with one attached hydrogen (secondary N) is 1. The zero-order valence-electron chi connectivity index (χ0n) is 15.5. The Morgan fingerprint density at radius 3 is 1.79 bits per heavy atom. The molecule has 142 valence electrons. The number of ketones is 1. The molecule has 0 aliphatic rings. The molecule has 0 heterocycles. The summed E-state index contributed by atoms with van der Waals surface area (Å²) in [5.74, 6) is -0.145. The van der Waals surface area contributed by atoms with Gasteiger partial charge in [0.05, 0.1) is 6.04 Å². The van der Waals surface area contributed by atoms with Crippen LogP contribution in [0.5, 0.6) is 0 Å². The second-order valence-corrected chi connectivity index (χ2v) is 9.90. The molecule has 1 N–H and O–H groups in total. The molecule has 0 saturated heterocycles. The molecule has 0 amide bonds. The van der Waals surface area contributed by atoms with E-state index in [0.29, 0.717) is 16.2 Å². The number of carbonyl (C=O) groups is 1. The number of benzene rings is 3. The Morgan fingerprint density at radius 2 is 1.36 bits per heavy atom.